The van der Waals surface area contributed by atoms with Crippen LogP contribution in [0.5, 0.6) is 0 Å². The van der Waals surface area contributed by atoms with Crippen LogP contribution >= 0.6 is 17.0 Å². The summed E-state index contributed by atoms with van der Waals surface area (Å²) >= 11 is 1.86. The van der Waals surface area contributed by atoms with Crippen molar-refractivity contribution in [2.24, 2.45) is 0 Å². The van der Waals surface area contributed by atoms with Crippen LogP contribution in [0.3, 0.4) is 0 Å². The van der Waals surface area contributed by atoms with Gasteiger partial charge in [0.2, 0.25) is 0 Å². The van der Waals surface area contributed by atoms with E-state index in [-0.39, 0.29) is 17.0 Å². The van der Waals surface area contributed by atoms with Gasteiger partial charge in [-0.3, -0.25) is 0 Å². The van der Waals surface area contributed by atoms with Gasteiger partial charge in [-0.15, -0.1) is 17.0 Å². The molecule has 1 N–H and O–H groups in total. The van der Waals surface area contributed by atoms with Gasteiger partial charge in [0, 0.05) is 0 Å². The van der Waals surface area contributed by atoms with E-state index >= 15 is 0 Å². The molecule has 0 aliphatic carbocycles. The van der Waals surface area contributed by atoms with Gasteiger partial charge in [0.1, 0.15) is 6.10 Å². The van der Waals surface area contributed by atoms with Crippen molar-refractivity contribution in [3.63, 3.8) is 0 Å². The third-order valence-electron chi connectivity index (χ3n) is 2.23. The molecule has 0 aliphatic heterocycles. The Morgan fingerprint density at radius 2 is 1.06 bits per heavy atom. The van der Waals surface area contributed by atoms with Crippen LogP contribution in [0.1, 0.15) is 17.2 Å². The molecule has 0 atom stereocenters. The summed E-state index contributed by atoms with van der Waals surface area (Å²) in [6.07, 6.45) is -0.516. The third kappa shape index (κ3) is 5.21. The van der Waals surface area contributed by atoms with Crippen molar-refractivity contribution in [1.29, 1.82) is 0 Å². The molecule has 85 valence electrons. The van der Waals surface area contributed by atoms with Crippen LogP contribution < -0.4 is 0 Å². The van der Waals surface area contributed by atoms with E-state index in [0.29, 0.717) is 0 Å². The summed E-state index contributed by atoms with van der Waals surface area (Å²) in [4.78, 5) is 0. The Kier molecular flexibility index (Phi) is 9.45. The van der Waals surface area contributed by atoms with Crippen molar-refractivity contribution >= 4 is 38.7 Å². The molecule has 7 radical (unpaired) electrons. The van der Waals surface area contributed by atoms with Crippen LogP contribution in [0.15, 0.2) is 60.7 Å². The largest absolute Gasteiger partial charge is 1.41 e. The van der Waals surface area contributed by atoms with Crippen LogP contribution in [0.4, 0.5) is 0 Å². The van der Waals surface area contributed by atoms with E-state index in [4.69, 9.17) is 0 Å². The number of hydrogen-bond donors (Lipinski definition) is 1. The summed E-state index contributed by atoms with van der Waals surface area (Å²) in [5, 5.41) is 12.0. The molecule has 0 bridgehead atoms. The SMILES string of the molecule is Br.OC(c1ccccc1)c1ccccc1.[CH3][Mg+2]. The molecule has 0 spiro atoms. The quantitative estimate of drug-likeness (QED) is 0.841. The molecular formula is C14H16BrMgO+2. The second-order valence-electron chi connectivity index (χ2n) is 3.22. The van der Waals surface area contributed by atoms with Gasteiger partial charge in [0.25, 0.3) is 5.05 Å². The molecule has 0 aromatic heterocycles. The molecule has 0 fully saturated rings. The molecule has 2 rings (SSSR count). The van der Waals surface area contributed by atoms with Crippen molar-refractivity contribution in [3.8, 4) is 0 Å². The standard InChI is InChI=1S/C13H12O.CH3.BrH.Mg/c14-13(11-7-3-1-4-8-11)12-9-5-2-6-10-12;;;/h1-10,13-14H;1H3;1H;/q;;;+2. The summed E-state index contributed by atoms with van der Waals surface area (Å²) in [6.45, 7) is 0. The molecule has 17 heavy (non-hydrogen) atoms. The van der Waals surface area contributed by atoms with Gasteiger partial charge >= 0.3 is 21.7 Å². The van der Waals surface area contributed by atoms with Gasteiger partial charge in [-0.2, -0.15) is 0 Å². The maximum atomic E-state index is 9.99. The first kappa shape index (κ1) is 16.6. The Morgan fingerprint density at radius 3 is 1.35 bits per heavy atom. The molecule has 1 nitrogen and oxygen atoms in total. The van der Waals surface area contributed by atoms with Crippen LogP contribution in [0.2, 0.25) is 5.05 Å². The lowest BCUT2D eigenvalue weighted by atomic mass is 10.0. The van der Waals surface area contributed by atoms with Gasteiger partial charge in [0.05, 0.1) is 0 Å². The predicted octanol–water partition coefficient (Wildman–Crippen LogP) is 3.55. The number of rotatable bonds is 2. The smallest absolute Gasteiger partial charge is 0.384 e. The molecule has 2 aromatic rings. The molecule has 0 saturated heterocycles. The highest BCUT2D eigenvalue weighted by molar-refractivity contribution is 8.93. The fourth-order valence-corrected chi connectivity index (χ4v) is 1.46. The second kappa shape index (κ2) is 9.65. The monoisotopic (exact) mass is 303 g/mol. The Bertz CT molecular complexity index is 352. The number of hydrogen-bond acceptors (Lipinski definition) is 1. The topological polar surface area (TPSA) is 20.2 Å². The molecule has 0 unspecified atom stereocenters. The minimum atomic E-state index is -0.516. The van der Waals surface area contributed by atoms with Crippen molar-refractivity contribution in [1.82, 2.24) is 0 Å². The zero-order valence-electron chi connectivity index (χ0n) is 9.91. The summed E-state index contributed by atoms with van der Waals surface area (Å²) in [6, 6.07) is 19.3. The number of aliphatic hydroxyl groups is 1. The molecule has 0 heterocycles. The summed E-state index contributed by atoms with van der Waals surface area (Å²) < 4.78 is 0. The zero-order chi connectivity index (χ0) is 11.8. The highest BCUT2D eigenvalue weighted by Crippen LogP contribution is 2.20. The first-order chi connectivity index (χ1) is 7.88. The molecule has 0 aliphatic rings. The second-order valence-corrected chi connectivity index (χ2v) is 3.22. The Labute approximate surface area is 126 Å². The van der Waals surface area contributed by atoms with Crippen LogP contribution in [0.25, 0.3) is 0 Å². The predicted molar refractivity (Wildman–Crippen MR) is 78.9 cm³/mol. The van der Waals surface area contributed by atoms with E-state index in [1.807, 2.05) is 87.4 Å². The van der Waals surface area contributed by atoms with Gasteiger partial charge in [0.15, 0.2) is 0 Å². The summed E-state index contributed by atoms with van der Waals surface area (Å²) in [7, 11) is 0. The maximum Gasteiger partial charge on any atom is 1.41 e. The van der Waals surface area contributed by atoms with E-state index in [1.165, 1.54) is 0 Å². The Morgan fingerprint density at radius 1 is 0.765 bits per heavy atom. The van der Waals surface area contributed by atoms with Crippen molar-refractivity contribution < 1.29 is 5.11 Å². The lowest BCUT2D eigenvalue weighted by Crippen LogP contribution is -1.98. The lowest BCUT2D eigenvalue weighted by molar-refractivity contribution is 0.220. The fourth-order valence-electron chi connectivity index (χ4n) is 1.46. The Balaban J connectivity index is 0.000000811. The number of benzene rings is 2. The summed E-state index contributed by atoms with van der Waals surface area (Å²) in [5.74, 6) is 0. The van der Waals surface area contributed by atoms with E-state index in [2.05, 4.69) is 0 Å². The molecule has 2 aromatic carbocycles. The lowest BCUT2D eigenvalue weighted by Gasteiger charge is -2.10. The van der Waals surface area contributed by atoms with Crippen molar-refractivity contribution in [2.45, 2.75) is 11.2 Å². The zero-order valence-corrected chi connectivity index (χ0v) is 13.0. The van der Waals surface area contributed by atoms with Crippen LogP contribution in [0, 0.1) is 0 Å². The molecule has 0 amide bonds. The molecule has 3 heteroatoms. The average Bonchev–Trinajstić information content (AvgIpc) is 2.42. The first-order valence-corrected chi connectivity index (χ1v) is 6.78. The minimum Gasteiger partial charge on any atom is -0.384 e. The van der Waals surface area contributed by atoms with Gasteiger partial charge < -0.3 is 5.11 Å². The van der Waals surface area contributed by atoms with E-state index in [0.717, 1.165) is 11.1 Å². The van der Waals surface area contributed by atoms with Crippen LogP contribution in [-0.2, 0) is 0 Å². The van der Waals surface area contributed by atoms with E-state index < -0.39 is 6.10 Å². The van der Waals surface area contributed by atoms with Crippen molar-refractivity contribution in [3.05, 3.63) is 71.8 Å². The van der Waals surface area contributed by atoms with Gasteiger partial charge in [-0.25, -0.2) is 0 Å². The molecule has 0 saturated carbocycles. The summed E-state index contributed by atoms with van der Waals surface area (Å²) in [5.41, 5.74) is 1.86. The average molecular weight is 304 g/mol. The highest BCUT2D eigenvalue weighted by Gasteiger charge is 2.07. The maximum absolute atomic E-state index is 9.99. The highest BCUT2D eigenvalue weighted by atomic mass is 79.9. The number of halogens is 1. The molecular weight excluding hydrogens is 288 g/mol. The van der Waals surface area contributed by atoms with Crippen LogP contribution in [-0.4, -0.2) is 26.8 Å². The van der Waals surface area contributed by atoms with Gasteiger partial charge in [-0.05, 0) is 11.1 Å². The van der Waals surface area contributed by atoms with Gasteiger partial charge in [-0.1, -0.05) is 60.7 Å². The first-order valence-electron chi connectivity index (χ1n) is 5.36. The Hall–Kier alpha value is -0.354. The van der Waals surface area contributed by atoms with Crippen molar-refractivity contribution in [2.75, 3.05) is 0 Å². The van der Waals surface area contributed by atoms with E-state index in [9.17, 15) is 5.11 Å². The normalized spacial score (nSPS) is 8.94. The minimum absolute atomic E-state index is 0. The number of aliphatic hydroxyl groups excluding tert-OH is 1. The third-order valence-corrected chi connectivity index (χ3v) is 2.23. The fraction of sp³-hybridized carbons (Fsp3) is 0.143. The van der Waals surface area contributed by atoms with E-state index in [1.54, 1.807) is 0 Å².